The van der Waals surface area contributed by atoms with Gasteiger partial charge in [-0.2, -0.15) is 0 Å². The molecule has 1 aromatic rings. The summed E-state index contributed by atoms with van der Waals surface area (Å²) in [5, 5.41) is 0. The van der Waals surface area contributed by atoms with Gasteiger partial charge in [-0.1, -0.05) is 18.2 Å². The molecule has 1 rings (SSSR count). The molecule has 84 valence electrons. The zero-order valence-corrected chi connectivity index (χ0v) is 10.4. The minimum Gasteiger partial charge on any atom is -0.424 e. The van der Waals surface area contributed by atoms with Crippen molar-refractivity contribution in [2.45, 2.75) is 20.0 Å². The summed E-state index contributed by atoms with van der Waals surface area (Å²) in [6, 6.07) is 8.86. The second kappa shape index (κ2) is 5.55. The fourth-order valence-corrected chi connectivity index (χ4v) is 2.59. The molecule has 3 nitrogen and oxygen atoms in total. The Morgan fingerprint density at radius 3 is 2.40 bits per heavy atom. The highest BCUT2D eigenvalue weighted by molar-refractivity contribution is 7.56. The van der Waals surface area contributed by atoms with Crippen LogP contribution in [0.2, 0.25) is 0 Å². The van der Waals surface area contributed by atoms with Gasteiger partial charge in [-0.3, -0.25) is 4.52 Å². The number of hydrogen-bond acceptors (Lipinski definition) is 3. The van der Waals surface area contributed by atoms with Gasteiger partial charge in [0.05, 0.1) is 6.10 Å². The molecule has 1 atom stereocenters. The van der Waals surface area contributed by atoms with Crippen LogP contribution in [0.1, 0.15) is 13.8 Å². The predicted octanol–water partition coefficient (Wildman–Crippen LogP) is 3.88. The molecule has 0 heterocycles. The topological polar surface area (TPSA) is 35.5 Å². The minimum absolute atomic E-state index is 0.153. The van der Waals surface area contributed by atoms with Gasteiger partial charge in [0.2, 0.25) is 0 Å². The summed E-state index contributed by atoms with van der Waals surface area (Å²) in [5.41, 5.74) is -0.153. The van der Waals surface area contributed by atoms with Crippen molar-refractivity contribution in [1.29, 1.82) is 0 Å². The van der Waals surface area contributed by atoms with Gasteiger partial charge in [-0.25, -0.2) is 4.57 Å². The van der Waals surface area contributed by atoms with Crippen molar-refractivity contribution in [3.8, 4) is 5.75 Å². The summed E-state index contributed by atoms with van der Waals surface area (Å²) in [7, 11) is -3.21. The van der Waals surface area contributed by atoms with Crippen LogP contribution in [0.3, 0.4) is 0 Å². The lowest BCUT2D eigenvalue weighted by Gasteiger charge is -2.19. The standard InChI is InChI=1S/C10H14ClO3P/c1-9(2)13-15(12,8-11)14-10-6-4-3-5-7-10/h3-7,9H,8H2,1-2H3/t15-/m0/s1. The van der Waals surface area contributed by atoms with E-state index >= 15 is 0 Å². The van der Waals surface area contributed by atoms with E-state index in [1.54, 1.807) is 38.1 Å². The largest absolute Gasteiger partial charge is 0.424 e. The molecular weight excluding hydrogens is 235 g/mol. The third kappa shape index (κ3) is 4.25. The molecule has 0 saturated heterocycles. The molecule has 0 spiro atoms. The van der Waals surface area contributed by atoms with Crippen LogP contribution in [0, 0.1) is 0 Å². The van der Waals surface area contributed by atoms with Crippen molar-refractivity contribution < 1.29 is 13.6 Å². The minimum atomic E-state index is -3.21. The fourth-order valence-electron chi connectivity index (χ4n) is 1.04. The molecule has 0 bridgehead atoms. The molecule has 0 unspecified atom stereocenters. The van der Waals surface area contributed by atoms with Crippen LogP contribution < -0.4 is 4.52 Å². The van der Waals surface area contributed by atoms with Crippen molar-refractivity contribution in [2.24, 2.45) is 0 Å². The molecule has 0 aromatic heterocycles. The van der Waals surface area contributed by atoms with Crippen molar-refractivity contribution in [2.75, 3.05) is 5.62 Å². The molecule has 0 aliphatic rings. The Morgan fingerprint density at radius 1 is 1.33 bits per heavy atom. The second-order valence-electron chi connectivity index (χ2n) is 3.29. The molecule has 0 aliphatic carbocycles. The summed E-state index contributed by atoms with van der Waals surface area (Å²) in [5.74, 6) is 0.502. The molecule has 0 fully saturated rings. The van der Waals surface area contributed by atoms with Crippen LogP contribution in [0.25, 0.3) is 0 Å². The Labute approximate surface area is 94.9 Å². The lowest BCUT2D eigenvalue weighted by atomic mass is 10.3. The van der Waals surface area contributed by atoms with E-state index < -0.39 is 7.60 Å². The Morgan fingerprint density at radius 2 is 1.93 bits per heavy atom. The molecule has 0 saturated carbocycles. The Kier molecular flexibility index (Phi) is 4.65. The predicted molar refractivity (Wildman–Crippen MR) is 61.6 cm³/mol. The van der Waals surface area contributed by atoms with E-state index in [0.29, 0.717) is 5.75 Å². The normalized spacial score (nSPS) is 14.9. The molecule has 5 heteroatoms. The summed E-state index contributed by atoms with van der Waals surface area (Å²) < 4.78 is 22.4. The van der Waals surface area contributed by atoms with E-state index in [1.165, 1.54) is 0 Å². The molecular formula is C10H14ClO3P. The number of hydrogen-bond donors (Lipinski definition) is 0. The first kappa shape index (κ1) is 12.6. The van der Waals surface area contributed by atoms with Crippen molar-refractivity contribution in [1.82, 2.24) is 0 Å². The van der Waals surface area contributed by atoms with E-state index in [4.69, 9.17) is 20.6 Å². The lowest BCUT2D eigenvalue weighted by molar-refractivity contribution is 0.211. The van der Waals surface area contributed by atoms with E-state index in [0.717, 1.165) is 0 Å². The van der Waals surface area contributed by atoms with Gasteiger partial charge in [-0.05, 0) is 26.0 Å². The Hall–Kier alpha value is -0.500. The molecule has 0 amide bonds. The highest BCUT2D eigenvalue weighted by atomic mass is 35.5. The van der Waals surface area contributed by atoms with Crippen molar-refractivity contribution >= 4 is 19.2 Å². The van der Waals surface area contributed by atoms with Gasteiger partial charge >= 0.3 is 7.60 Å². The summed E-state index contributed by atoms with van der Waals surface area (Å²) >= 11 is 5.59. The first-order valence-electron chi connectivity index (χ1n) is 4.64. The maximum atomic E-state index is 12.0. The number of alkyl halides is 1. The van der Waals surface area contributed by atoms with Crippen LogP contribution in [-0.2, 0) is 9.09 Å². The molecule has 0 radical (unpaired) electrons. The second-order valence-corrected chi connectivity index (χ2v) is 5.86. The van der Waals surface area contributed by atoms with Gasteiger partial charge in [0.15, 0.2) is 0 Å². The summed E-state index contributed by atoms with van der Waals surface area (Å²) in [6.45, 7) is 3.57. The molecule has 0 N–H and O–H groups in total. The smallest absolute Gasteiger partial charge is 0.394 e. The zero-order chi connectivity index (χ0) is 11.3. The van der Waals surface area contributed by atoms with Crippen LogP contribution in [0.4, 0.5) is 0 Å². The van der Waals surface area contributed by atoms with E-state index in [9.17, 15) is 4.57 Å². The zero-order valence-electron chi connectivity index (χ0n) is 8.72. The van der Waals surface area contributed by atoms with Crippen LogP contribution >= 0.6 is 19.2 Å². The number of rotatable bonds is 5. The highest BCUT2D eigenvalue weighted by Crippen LogP contribution is 2.50. The average molecular weight is 249 g/mol. The van der Waals surface area contributed by atoms with Crippen molar-refractivity contribution in [3.63, 3.8) is 0 Å². The van der Waals surface area contributed by atoms with Gasteiger partial charge < -0.3 is 4.52 Å². The lowest BCUT2D eigenvalue weighted by Crippen LogP contribution is -2.05. The van der Waals surface area contributed by atoms with Crippen molar-refractivity contribution in [3.05, 3.63) is 30.3 Å². The molecule has 0 aliphatic heterocycles. The monoisotopic (exact) mass is 248 g/mol. The quantitative estimate of drug-likeness (QED) is 0.586. The fraction of sp³-hybridized carbons (Fsp3) is 0.400. The summed E-state index contributed by atoms with van der Waals surface area (Å²) in [4.78, 5) is 0. The maximum absolute atomic E-state index is 12.0. The SMILES string of the molecule is CC(C)O[P@@](=O)(CCl)Oc1ccccc1. The van der Waals surface area contributed by atoms with Gasteiger partial charge in [0, 0.05) is 0 Å². The Balaban J connectivity index is 2.73. The van der Waals surface area contributed by atoms with Crippen LogP contribution in [0.5, 0.6) is 5.75 Å². The van der Waals surface area contributed by atoms with Crippen LogP contribution in [0.15, 0.2) is 30.3 Å². The third-order valence-electron chi connectivity index (χ3n) is 1.51. The number of halogens is 1. The van der Waals surface area contributed by atoms with Gasteiger partial charge in [0.1, 0.15) is 11.4 Å². The first-order valence-corrected chi connectivity index (χ1v) is 6.90. The Bertz CT molecular complexity index is 340. The highest BCUT2D eigenvalue weighted by Gasteiger charge is 2.26. The summed E-state index contributed by atoms with van der Waals surface area (Å²) in [6.07, 6.45) is -0.182. The molecule has 1 aromatic carbocycles. The van der Waals surface area contributed by atoms with Gasteiger partial charge in [-0.15, -0.1) is 11.6 Å². The number of para-hydroxylation sites is 1. The van der Waals surface area contributed by atoms with Crippen LogP contribution in [-0.4, -0.2) is 11.7 Å². The number of benzene rings is 1. The average Bonchev–Trinajstić information content (AvgIpc) is 2.18. The first-order chi connectivity index (χ1) is 7.06. The van der Waals surface area contributed by atoms with Gasteiger partial charge in [0.25, 0.3) is 0 Å². The van der Waals surface area contributed by atoms with E-state index in [1.807, 2.05) is 6.07 Å². The maximum Gasteiger partial charge on any atom is 0.394 e. The van der Waals surface area contributed by atoms with E-state index in [2.05, 4.69) is 0 Å². The molecule has 15 heavy (non-hydrogen) atoms. The van der Waals surface area contributed by atoms with E-state index in [-0.39, 0.29) is 11.7 Å². The third-order valence-corrected chi connectivity index (χ3v) is 3.91.